The second-order valence-corrected chi connectivity index (χ2v) is 5.76. The summed E-state index contributed by atoms with van der Waals surface area (Å²) in [4.78, 5) is 0. The van der Waals surface area contributed by atoms with Crippen molar-refractivity contribution in [2.24, 2.45) is 0 Å². The van der Waals surface area contributed by atoms with Gasteiger partial charge in [-0.15, -0.1) is 0 Å². The largest absolute Gasteiger partial charge is 0.496 e. The highest BCUT2D eigenvalue weighted by molar-refractivity contribution is 5.52. The molecule has 0 spiro atoms. The Labute approximate surface area is 137 Å². The fraction of sp³-hybridized carbons (Fsp3) is 0.368. The summed E-state index contributed by atoms with van der Waals surface area (Å²) in [7, 11) is 5.05. The highest BCUT2D eigenvalue weighted by Crippen LogP contribution is 2.38. The molecule has 1 N–H and O–H groups in total. The summed E-state index contributed by atoms with van der Waals surface area (Å²) in [5.74, 6) is 2.76. The number of ether oxygens (including phenoxy) is 3. The van der Waals surface area contributed by atoms with Gasteiger partial charge in [-0.3, -0.25) is 0 Å². The molecule has 2 aromatic rings. The molecule has 0 fully saturated rings. The predicted molar refractivity (Wildman–Crippen MR) is 90.8 cm³/mol. The molecule has 0 aromatic heterocycles. The van der Waals surface area contributed by atoms with Crippen LogP contribution in [0.5, 0.6) is 17.2 Å². The molecule has 1 unspecified atom stereocenters. The van der Waals surface area contributed by atoms with E-state index >= 15 is 0 Å². The van der Waals surface area contributed by atoms with Crippen LogP contribution in [0.25, 0.3) is 0 Å². The van der Waals surface area contributed by atoms with Crippen molar-refractivity contribution in [3.63, 3.8) is 0 Å². The van der Waals surface area contributed by atoms with Crippen LogP contribution < -0.4 is 19.5 Å². The van der Waals surface area contributed by atoms with Gasteiger partial charge in [-0.1, -0.05) is 12.1 Å². The lowest BCUT2D eigenvalue weighted by Gasteiger charge is -2.29. The molecule has 23 heavy (non-hydrogen) atoms. The van der Waals surface area contributed by atoms with Gasteiger partial charge in [0.2, 0.25) is 0 Å². The molecule has 4 nitrogen and oxygen atoms in total. The average Bonchev–Trinajstić information content (AvgIpc) is 2.61. The lowest BCUT2D eigenvalue weighted by Crippen LogP contribution is -2.29. The van der Waals surface area contributed by atoms with Gasteiger partial charge in [0.1, 0.15) is 5.75 Å². The molecule has 2 aromatic carbocycles. The van der Waals surface area contributed by atoms with Gasteiger partial charge in [-0.2, -0.15) is 0 Å². The number of rotatable bonds is 4. The third-order valence-corrected chi connectivity index (χ3v) is 4.64. The smallest absolute Gasteiger partial charge is 0.161 e. The van der Waals surface area contributed by atoms with Crippen LogP contribution in [0.4, 0.5) is 0 Å². The average molecular weight is 313 g/mol. The maximum atomic E-state index is 5.45. The van der Waals surface area contributed by atoms with Crippen molar-refractivity contribution in [1.82, 2.24) is 5.32 Å². The van der Waals surface area contributed by atoms with Crippen LogP contribution in [0.3, 0.4) is 0 Å². The Morgan fingerprint density at radius 1 is 0.913 bits per heavy atom. The van der Waals surface area contributed by atoms with Gasteiger partial charge in [0, 0.05) is 19.0 Å². The van der Waals surface area contributed by atoms with Crippen LogP contribution >= 0.6 is 0 Å². The molecule has 0 amide bonds. The van der Waals surface area contributed by atoms with Crippen molar-refractivity contribution < 1.29 is 14.2 Å². The molecule has 0 radical (unpaired) electrons. The number of nitrogens with one attached hydrogen (secondary N) is 1. The summed E-state index contributed by atoms with van der Waals surface area (Å²) in [6.45, 7) is 3.91. The number of methoxy groups -OCH3 is 3. The van der Waals surface area contributed by atoms with E-state index in [1.165, 1.54) is 22.3 Å². The zero-order valence-corrected chi connectivity index (χ0v) is 14.1. The Kier molecular flexibility index (Phi) is 4.44. The Bertz CT molecular complexity index is 712. The zero-order chi connectivity index (χ0) is 16.4. The van der Waals surface area contributed by atoms with Crippen molar-refractivity contribution in [2.75, 3.05) is 27.9 Å². The van der Waals surface area contributed by atoms with Gasteiger partial charge >= 0.3 is 0 Å². The van der Waals surface area contributed by atoms with Crippen LogP contribution in [0.15, 0.2) is 30.3 Å². The van der Waals surface area contributed by atoms with Crippen LogP contribution in [0.2, 0.25) is 0 Å². The first-order chi connectivity index (χ1) is 11.2. The highest BCUT2D eigenvalue weighted by Gasteiger charge is 2.24. The first kappa shape index (κ1) is 15.7. The molecular formula is C19H23NO3. The molecule has 1 atom stereocenters. The highest BCUT2D eigenvalue weighted by atomic mass is 16.5. The minimum atomic E-state index is 0.295. The van der Waals surface area contributed by atoms with E-state index in [-0.39, 0.29) is 0 Å². The van der Waals surface area contributed by atoms with E-state index in [0.717, 1.165) is 30.3 Å². The van der Waals surface area contributed by atoms with Gasteiger partial charge in [-0.05, 0) is 47.4 Å². The SMILES string of the molecule is COc1ccc(C2CNCc3c2ccc(OC)c3C)cc1OC. The van der Waals surface area contributed by atoms with E-state index in [4.69, 9.17) is 14.2 Å². The Morgan fingerprint density at radius 3 is 2.30 bits per heavy atom. The first-order valence-electron chi connectivity index (χ1n) is 7.78. The first-order valence-corrected chi connectivity index (χ1v) is 7.78. The van der Waals surface area contributed by atoms with Crippen molar-refractivity contribution >= 4 is 0 Å². The normalized spacial score (nSPS) is 16.6. The summed E-state index contributed by atoms with van der Waals surface area (Å²) in [6.07, 6.45) is 0. The maximum absolute atomic E-state index is 5.45. The summed E-state index contributed by atoms with van der Waals surface area (Å²) >= 11 is 0. The van der Waals surface area contributed by atoms with E-state index in [0.29, 0.717) is 5.92 Å². The van der Waals surface area contributed by atoms with Crippen LogP contribution in [-0.4, -0.2) is 27.9 Å². The van der Waals surface area contributed by atoms with Crippen molar-refractivity contribution in [3.05, 3.63) is 52.6 Å². The van der Waals surface area contributed by atoms with E-state index in [1.54, 1.807) is 21.3 Å². The molecule has 0 aliphatic carbocycles. The quantitative estimate of drug-likeness (QED) is 0.940. The lowest BCUT2D eigenvalue weighted by molar-refractivity contribution is 0.354. The monoisotopic (exact) mass is 313 g/mol. The summed E-state index contributed by atoms with van der Waals surface area (Å²) in [6, 6.07) is 10.4. The zero-order valence-electron chi connectivity index (χ0n) is 14.1. The fourth-order valence-electron chi connectivity index (χ4n) is 3.36. The minimum absolute atomic E-state index is 0.295. The van der Waals surface area contributed by atoms with Crippen molar-refractivity contribution in [1.29, 1.82) is 0 Å². The molecule has 0 saturated heterocycles. The third kappa shape index (κ3) is 2.75. The summed E-state index contributed by atoms with van der Waals surface area (Å²) in [5.41, 5.74) is 5.12. The van der Waals surface area contributed by atoms with E-state index in [1.807, 2.05) is 6.07 Å². The fourth-order valence-corrected chi connectivity index (χ4v) is 3.36. The predicted octanol–water partition coefficient (Wildman–Crippen LogP) is 3.26. The Morgan fingerprint density at radius 2 is 1.61 bits per heavy atom. The van der Waals surface area contributed by atoms with E-state index in [2.05, 4.69) is 36.5 Å². The van der Waals surface area contributed by atoms with Gasteiger partial charge in [0.25, 0.3) is 0 Å². The summed E-state index contributed by atoms with van der Waals surface area (Å²) < 4.78 is 16.2. The molecule has 4 heteroatoms. The minimum Gasteiger partial charge on any atom is -0.496 e. The Balaban J connectivity index is 2.05. The van der Waals surface area contributed by atoms with Crippen molar-refractivity contribution in [3.8, 4) is 17.2 Å². The molecule has 0 saturated carbocycles. The molecule has 1 aliphatic heterocycles. The van der Waals surface area contributed by atoms with Gasteiger partial charge < -0.3 is 19.5 Å². The summed E-state index contributed by atoms with van der Waals surface area (Å²) in [5, 5.41) is 3.52. The van der Waals surface area contributed by atoms with E-state index in [9.17, 15) is 0 Å². The van der Waals surface area contributed by atoms with Crippen molar-refractivity contribution in [2.45, 2.75) is 19.4 Å². The maximum Gasteiger partial charge on any atom is 0.161 e. The topological polar surface area (TPSA) is 39.7 Å². The molecular weight excluding hydrogens is 290 g/mol. The number of fused-ring (bicyclic) bond motifs is 1. The number of hydrogen-bond donors (Lipinski definition) is 1. The molecule has 122 valence electrons. The van der Waals surface area contributed by atoms with Gasteiger partial charge in [-0.25, -0.2) is 0 Å². The lowest BCUT2D eigenvalue weighted by atomic mass is 9.83. The van der Waals surface area contributed by atoms with E-state index < -0.39 is 0 Å². The Hall–Kier alpha value is -2.20. The number of benzene rings is 2. The molecule has 3 rings (SSSR count). The molecule has 1 aliphatic rings. The third-order valence-electron chi connectivity index (χ3n) is 4.64. The second-order valence-electron chi connectivity index (χ2n) is 5.76. The number of hydrogen-bond acceptors (Lipinski definition) is 4. The molecule has 0 bridgehead atoms. The van der Waals surface area contributed by atoms with Crippen LogP contribution in [-0.2, 0) is 6.54 Å². The standard InChI is InChI=1S/C19H23NO3/c1-12-15-10-20-11-16(14(15)6-8-17(12)21-2)13-5-7-18(22-3)19(9-13)23-4/h5-9,16,20H,10-11H2,1-4H3. The van der Waals surface area contributed by atoms with Gasteiger partial charge in [0.15, 0.2) is 11.5 Å². The molecule has 1 heterocycles. The van der Waals surface area contributed by atoms with Gasteiger partial charge in [0.05, 0.1) is 21.3 Å². The second kappa shape index (κ2) is 6.50. The van der Waals surface area contributed by atoms with Crippen LogP contribution in [0, 0.1) is 6.92 Å². The van der Waals surface area contributed by atoms with Crippen LogP contribution in [0.1, 0.15) is 28.2 Å².